The average molecular weight is 309 g/mol. The van der Waals surface area contributed by atoms with Crippen molar-refractivity contribution >= 4 is 12.1 Å². The fourth-order valence-corrected chi connectivity index (χ4v) is 2.80. The van der Waals surface area contributed by atoms with Crippen LogP contribution in [0.2, 0.25) is 0 Å². The molecule has 0 saturated heterocycles. The van der Waals surface area contributed by atoms with Gasteiger partial charge < -0.3 is 4.79 Å². The molecule has 0 aliphatic rings. The van der Waals surface area contributed by atoms with E-state index in [1.807, 2.05) is 6.92 Å². The Morgan fingerprint density at radius 1 is 1.00 bits per heavy atom. The molecule has 0 amide bonds. The van der Waals surface area contributed by atoms with Gasteiger partial charge in [-0.2, -0.15) is 0 Å². The Labute approximate surface area is 137 Å². The van der Waals surface area contributed by atoms with E-state index in [0.29, 0.717) is 12.3 Å². The van der Waals surface area contributed by atoms with Crippen molar-refractivity contribution < 1.29 is 9.59 Å². The van der Waals surface area contributed by atoms with Gasteiger partial charge in [0, 0.05) is 6.42 Å². The second-order valence-electron chi connectivity index (χ2n) is 7.60. The molecule has 0 bridgehead atoms. The van der Waals surface area contributed by atoms with Gasteiger partial charge in [0.05, 0.1) is 5.92 Å². The lowest BCUT2D eigenvalue weighted by molar-refractivity contribution is -0.129. The number of hydrogen-bond acceptors (Lipinski definition) is 2. The largest absolute Gasteiger partial charge is 0.303 e. The van der Waals surface area contributed by atoms with Crippen LogP contribution in [-0.4, -0.2) is 12.1 Å². The number of aldehydes is 1. The summed E-state index contributed by atoms with van der Waals surface area (Å²) in [6, 6.07) is 0. The number of hydrogen-bond donors (Lipinski definition) is 0. The van der Waals surface area contributed by atoms with Crippen molar-refractivity contribution in [3.63, 3.8) is 0 Å². The first kappa shape index (κ1) is 21.1. The van der Waals surface area contributed by atoms with Gasteiger partial charge >= 0.3 is 0 Å². The number of ketones is 1. The maximum atomic E-state index is 12.4. The normalized spacial score (nSPS) is 15.2. The minimum Gasteiger partial charge on any atom is -0.303 e. The number of allylic oxidation sites excluding steroid dienone is 2. The molecule has 128 valence electrons. The van der Waals surface area contributed by atoms with Gasteiger partial charge in [0.1, 0.15) is 12.1 Å². The van der Waals surface area contributed by atoms with E-state index < -0.39 is 5.92 Å². The van der Waals surface area contributed by atoms with Crippen molar-refractivity contribution in [1.82, 2.24) is 0 Å². The van der Waals surface area contributed by atoms with Crippen molar-refractivity contribution in [1.29, 1.82) is 0 Å². The van der Waals surface area contributed by atoms with Crippen LogP contribution in [-0.2, 0) is 9.59 Å². The van der Waals surface area contributed by atoms with E-state index in [9.17, 15) is 9.59 Å². The summed E-state index contributed by atoms with van der Waals surface area (Å²) in [6.07, 6.45) is 8.93. The van der Waals surface area contributed by atoms with E-state index in [1.165, 1.54) is 18.4 Å². The molecule has 0 rings (SSSR count). The van der Waals surface area contributed by atoms with Gasteiger partial charge in [-0.3, -0.25) is 4.79 Å². The van der Waals surface area contributed by atoms with Crippen molar-refractivity contribution in [2.45, 2.75) is 80.1 Å². The molecule has 0 aromatic rings. The third-order valence-electron chi connectivity index (χ3n) is 4.33. The summed E-state index contributed by atoms with van der Waals surface area (Å²) in [5, 5.41) is 0. The van der Waals surface area contributed by atoms with Crippen LogP contribution in [0.1, 0.15) is 80.1 Å². The van der Waals surface area contributed by atoms with Crippen molar-refractivity contribution in [3.05, 3.63) is 11.6 Å². The molecular formula is C20H36O2. The van der Waals surface area contributed by atoms with E-state index in [1.54, 1.807) is 0 Å². The zero-order valence-corrected chi connectivity index (χ0v) is 15.5. The Bertz CT molecular complexity index is 351. The molecule has 3 unspecified atom stereocenters. The standard InChI is InChI=1S/C20H36O2/c1-15(2)9-7-11-17(5)13-20(22)19(14-21)18(6)12-8-10-16(3)4/h10,14-15,17-19H,7-9,11-13H2,1-6H3. The highest BCUT2D eigenvalue weighted by atomic mass is 16.1. The molecule has 0 spiro atoms. The number of Topliss-reactive ketones (excluding diaryl/α,β-unsaturated/α-hetero) is 1. The van der Waals surface area contributed by atoms with E-state index in [2.05, 4.69) is 40.7 Å². The van der Waals surface area contributed by atoms with E-state index in [4.69, 9.17) is 0 Å². The lowest BCUT2D eigenvalue weighted by Crippen LogP contribution is -2.25. The summed E-state index contributed by atoms with van der Waals surface area (Å²) in [5.41, 5.74) is 1.29. The molecular weight excluding hydrogens is 272 g/mol. The molecule has 3 atom stereocenters. The number of rotatable bonds is 12. The molecule has 0 N–H and O–H groups in total. The maximum Gasteiger partial charge on any atom is 0.143 e. The predicted octanol–water partition coefficient (Wildman–Crippen LogP) is 5.61. The first-order valence-electron chi connectivity index (χ1n) is 8.89. The molecule has 0 heterocycles. The summed E-state index contributed by atoms with van der Waals surface area (Å²) in [4.78, 5) is 23.7. The van der Waals surface area contributed by atoms with Crippen LogP contribution >= 0.6 is 0 Å². The third kappa shape index (κ3) is 9.92. The van der Waals surface area contributed by atoms with Crippen molar-refractivity contribution in [2.75, 3.05) is 0 Å². The minimum absolute atomic E-state index is 0.136. The summed E-state index contributed by atoms with van der Waals surface area (Å²) < 4.78 is 0. The van der Waals surface area contributed by atoms with Gasteiger partial charge in [-0.05, 0) is 44.4 Å². The van der Waals surface area contributed by atoms with Crippen LogP contribution in [0.15, 0.2) is 11.6 Å². The Morgan fingerprint density at radius 2 is 1.64 bits per heavy atom. The molecule has 0 radical (unpaired) electrons. The topological polar surface area (TPSA) is 34.1 Å². The summed E-state index contributed by atoms with van der Waals surface area (Å²) >= 11 is 0. The number of carbonyl (C=O) groups excluding carboxylic acids is 2. The molecule has 22 heavy (non-hydrogen) atoms. The Kier molecular flexibility index (Phi) is 11.1. The smallest absolute Gasteiger partial charge is 0.143 e. The molecule has 0 fully saturated rings. The van der Waals surface area contributed by atoms with Gasteiger partial charge in [0.15, 0.2) is 0 Å². The second kappa shape index (κ2) is 11.6. The fourth-order valence-electron chi connectivity index (χ4n) is 2.80. The average Bonchev–Trinajstić information content (AvgIpc) is 2.38. The second-order valence-corrected chi connectivity index (χ2v) is 7.60. The Morgan fingerprint density at radius 3 is 2.14 bits per heavy atom. The molecule has 0 aliphatic carbocycles. The van der Waals surface area contributed by atoms with Crippen molar-refractivity contribution in [2.24, 2.45) is 23.7 Å². The van der Waals surface area contributed by atoms with Crippen LogP contribution in [0, 0.1) is 23.7 Å². The molecule has 0 saturated carbocycles. The fraction of sp³-hybridized carbons (Fsp3) is 0.800. The third-order valence-corrected chi connectivity index (χ3v) is 4.33. The first-order valence-corrected chi connectivity index (χ1v) is 8.89. The molecule has 2 nitrogen and oxygen atoms in total. The summed E-state index contributed by atoms with van der Waals surface area (Å²) in [7, 11) is 0. The van der Waals surface area contributed by atoms with E-state index in [0.717, 1.165) is 31.5 Å². The zero-order chi connectivity index (χ0) is 17.1. The summed E-state index contributed by atoms with van der Waals surface area (Å²) in [5.74, 6) is 0.970. The monoisotopic (exact) mass is 308 g/mol. The van der Waals surface area contributed by atoms with Crippen molar-refractivity contribution in [3.8, 4) is 0 Å². The Balaban J connectivity index is 4.27. The molecule has 2 heteroatoms. The Hall–Kier alpha value is -0.920. The van der Waals surface area contributed by atoms with Crippen LogP contribution in [0.5, 0.6) is 0 Å². The molecule has 0 aromatic carbocycles. The molecule has 0 aromatic heterocycles. The minimum atomic E-state index is -0.418. The zero-order valence-electron chi connectivity index (χ0n) is 15.5. The highest BCUT2D eigenvalue weighted by Crippen LogP contribution is 2.22. The highest BCUT2D eigenvalue weighted by molar-refractivity contribution is 5.93. The van der Waals surface area contributed by atoms with E-state index >= 15 is 0 Å². The SMILES string of the molecule is CC(C)=CCCC(C)C(C=O)C(=O)CC(C)CCCC(C)C. The quantitative estimate of drug-likeness (QED) is 0.267. The maximum absolute atomic E-state index is 12.4. The van der Waals surface area contributed by atoms with Gasteiger partial charge in [-0.1, -0.05) is 58.6 Å². The lowest BCUT2D eigenvalue weighted by Gasteiger charge is -2.19. The lowest BCUT2D eigenvalue weighted by atomic mass is 9.83. The van der Waals surface area contributed by atoms with Gasteiger partial charge in [0.2, 0.25) is 0 Å². The van der Waals surface area contributed by atoms with Crippen LogP contribution in [0.25, 0.3) is 0 Å². The van der Waals surface area contributed by atoms with Crippen LogP contribution < -0.4 is 0 Å². The number of carbonyl (C=O) groups is 2. The van der Waals surface area contributed by atoms with Gasteiger partial charge in [-0.25, -0.2) is 0 Å². The predicted molar refractivity (Wildman–Crippen MR) is 94.9 cm³/mol. The van der Waals surface area contributed by atoms with E-state index in [-0.39, 0.29) is 11.7 Å². The van der Waals surface area contributed by atoms with Gasteiger partial charge in [-0.15, -0.1) is 0 Å². The summed E-state index contributed by atoms with van der Waals surface area (Å²) in [6.45, 7) is 12.8. The highest BCUT2D eigenvalue weighted by Gasteiger charge is 2.25. The molecule has 0 aliphatic heterocycles. The van der Waals surface area contributed by atoms with Crippen LogP contribution in [0.4, 0.5) is 0 Å². The van der Waals surface area contributed by atoms with Gasteiger partial charge in [0.25, 0.3) is 0 Å². The first-order chi connectivity index (χ1) is 10.3. The van der Waals surface area contributed by atoms with Crippen LogP contribution in [0.3, 0.4) is 0 Å².